The molecule has 1 fully saturated rings. The summed E-state index contributed by atoms with van der Waals surface area (Å²) in [6.07, 6.45) is 0. The summed E-state index contributed by atoms with van der Waals surface area (Å²) in [5.41, 5.74) is 0. The van der Waals surface area contributed by atoms with E-state index in [-0.39, 0.29) is 12.5 Å². The quantitative estimate of drug-likeness (QED) is 0.613. The predicted octanol–water partition coefficient (Wildman–Crippen LogP) is -0.904. The monoisotopic (exact) mass is 272 g/mol. The summed E-state index contributed by atoms with van der Waals surface area (Å²) in [7, 11) is 1.56. The molecule has 0 spiro atoms. The first kappa shape index (κ1) is 15.9. The topological polar surface area (TPSA) is 73.9 Å². The highest BCUT2D eigenvalue weighted by Crippen LogP contribution is 2.00. The largest absolute Gasteiger partial charge is 0.383 e. The molecule has 0 aromatic heterocycles. The summed E-state index contributed by atoms with van der Waals surface area (Å²) in [5, 5.41) is 4.86. The van der Waals surface area contributed by atoms with E-state index < -0.39 is 6.03 Å². The summed E-state index contributed by atoms with van der Waals surface area (Å²) < 4.78 is 4.80. The van der Waals surface area contributed by atoms with Crippen LogP contribution in [0.15, 0.2) is 0 Å². The minimum atomic E-state index is -0.464. The van der Waals surface area contributed by atoms with Gasteiger partial charge in [-0.3, -0.25) is 15.0 Å². The van der Waals surface area contributed by atoms with Gasteiger partial charge in [-0.25, -0.2) is 4.79 Å². The molecule has 1 saturated heterocycles. The number of imide groups is 1. The molecule has 1 heterocycles. The Balaban J connectivity index is 2.15. The molecule has 0 radical (unpaired) electrons. The number of methoxy groups -OCH3 is 1. The van der Waals surface area contributed by atoms with Crippen LogP contribution in [0.4, 0.5) is 4.79 Å². The zero-order valence-corrected chi connectivity index (χ0v) is 11.8. The summed E-state index contributed by atoms with van der Waals surface area (Å²) in [4.78, 5) is 27.4. The van der Waals surface area contributed by atoms with Crippen molar-refractivity contribution in [2.45, 2.75) is 6.92 Å². The van der Waals surface area contributed by atoms with Crippen LogP contribution in [0.1, 0.15) is 6.92 Å². The molecule has 0 saturated carbocycles. The third kappa shape index (κ3) is 6.51. The second kappa shape index (κ2) is 8.84. The maximum Gasteiger partial charge on any atom is 0.321 e. The van der Waals surface area contributed by atoms with E-state index in [1.165, 1.54) is 0 Å². The summed E-state index contributed by atoms with van der Waals surface area (Å²) in [5.74, 6) is -0.264. The zero-order chi connectivity index (χ0) is 14.1. The van der Waals surface area contributed by atoms with Gasteiger partial charge >= 0.3 is 6.03 Å². The molecule has 0 aromatic carbocycles. The Kier molecular flexibility index (Phi) is 7.39. The van der Waals surface area contributed by atoms with E-state index in [4.69, 9.17) is 4.74 Å². The number of carbonyl (C=O) groups is 2. The van der Waals surface area contributed by atoms with Crippen molar-refractivity contribution < 1.29 is 14.3 Å². The molecule has 19 heavy (non-hydrogen) atoms. The standard InChI is InChI=1S/C12H24N4O3/c1-3-15-5-7-16(8-6-15)10-11(17)14-12(18)13-4-9-19-2/h3-10H2,1-2H3,(H2,13,14,17,18). The van der Waals surface area contributed by atoms with Crippen LogP contribution in [0, 0.1) is 0 Å². The summed E-state index contributed by atoms with van der Waals surface area (Å²) in [6.45, 7) is 7.96. The minimum absolute atomic E-state index is 0.264. The van der Waals surface area contributed by atoms with Crippen molar-refractivity contribution in [1.82, 2.24) is 20.4 Å². The Morgan fingerprint density at radius 2 is 1.79 bits per heavy atom. The molecule has 0 unspecified atom stereocenters. The number of hydrogen-bond donors (Lipinski definition) is 2. The normalized spacial score (nSPS) is 17.2. The van der Waals surface area contributed by atoms with E-state index in [0.29, 0.717) is 13.2 Å². The number of carbonyl (C=O) groups excluding carboxylic acids is 2. The second-order valence-electron chi connectivity index (χ2n) is 4.51. The molecule has 0 atom stereocenters. The van der Waals surface area contributed by atoms with Gasteiger partial charge in [0.2, 0.25) is 5.91 Å². The van der Waals surface area contributed by atoms with Gasteiger partial charge in [-0.05, 0) is 6.54 Å². The van der Waals surface area contributed by atoms with Crippen molar-refractivity contribution in [2.75, 3.05) is 59.5 Å². The van der Waals surface area contributed by atoms with Crippen LogP contribution >= 0.6 is 0 Å². The summed E-state index contributed by atoms with van der Waals surface area (Å²) >= 11 is 0. The van der Waals surface area contributed by atoms with E-state index in [2.05, 4.69) is 27.4 Å². The van der Waals surface area contributed by atoms with Crippen molar-refractivity contribution in [3.8, 4) is 0 Å². The van der Waals surface area contributed by atoms with E-state index in [0.717, 1.165) is 32.7 Å². The van der Waals surface area contributed by atoms with Gasteiger partial charge in [-0.2, -0.15) is 0 Å². The van der Waals surface area contributed by atoms with Gasteiger partial charge in [-0.15, -0.1) is 0 Å². The molecule has 3 amide bonds. The Bertz CT molecular complexity index is 291. The van der Waals surface area contributed by atoms with Crippen molar-refractivity contribution in [1.29, 1.82) is 0 Å². The van der Waals surface area contributed by atoms with E-state index in [1.54, 1.807) is 7.11 Å². The SMILES string of the molecule is CCN1CCN(CC(=O)NC(=O)NCCOC)CC1. The highest BCUT2D eigenvalue weighted by atomic mass is 16.5. The maximum absolute atomic E-state index is 11.6. The second-order valence-corrected chi connectivity index (χ2v) is 4.51. The molecule has 0 bridgehead atoms. The van der Waals surface area contributed by atoms with Gasteiger partial charge in [0.15, 0.2) is 0 Å². The molecular weight excluding hydrogens is 248 g/mol. The maximum atomic E-state index is 11.6. The van der Waals surface area contributed by atoms with Crippen LogP contribution < -0.4 is 10.6 Å². The van der Waals surface area contributed by atoms with Crippen molar-refractivity contribution in [3.05, 3.63) is 0 Å². The lowest BCUT2D eigenvalue weighted by molar-refractivity contribution is -0.121. The Morgan fingerprint density at radius 3 is 2.37 bits per heavy atom. The van der Waals surface area contributed by atoms with Gasteiger partial charge in [0.05, 0.1) is 13.2 Å². The highest BCUT2D eigenvalue weighted by Gasteiger charge is 2.18. The molecule has 2 N–H and O–H groups in total. The smallest absolute Gasteiger partial charge is 0.321 e. The number of amides is 3. The number of nitrogens with one attached hydrogen (secondary N) is 2. The third-order valence-electron chi connectivity index (χ3n) is 3.12. The van der Waals surface area contributed by atoms with Crippen LogP contribution in [0.5, 0.6) is 0 Å². The fraction of sp³-hybridized carbons (Fsp3) is 0.833. The number of urea groups is 1. The molecule has 1 aliphatic heterocycles. The van der Waals surface area contributed by atoms with Crippen LogP contribution in [-0.4, -0.2) is 81.3 Å². The lowest BCUT2D eigenvalue weighted by Gasteiger charge is -2.33. The van der Waals surface area contributed by atoms with Gasteiger partial charge in [-0.1, -0.05) is 6.92 Å². The first-order valence-corrected chi connectivity index (χ1v) is 6.67. The van der Waals surface area contributed by atoms with E-state index >= 15 is 0 Å². The predicted molar refractivity (Wildman–Crippen MR) is 72.0 cm³/mol. The first-order valence-electron chi connectivity index (χ1n) is 6.67. The average Bonchev–Trinajstić information content (AvgIpc) is 2.39. The number of nitrogens with zero attached hydrogens (tertiary/aromatic N) is 2. The molecule has 110 valence electrons. The molecular formula is C12H24N4O3. The fourth-order valence-corrected chi connectivity index (χ4v) is 1.94. The van der Waals surface area contributed by atoms with Crippen LogP contribution in [0.3, 0.4) is 0 Å². The number of likely N-dealkylation sites (N-methyl/N-ethyl adjacent to an activating group) is 1. The van der Waals surface area contributed by atoms with Crippen LogP contribution in [0.25, 0.3) is 0 Å². The Hall–Kier alpha value is -1.18. The van der Waals surface area contributed by atoms with E-state index in [9.17, 15) is 9.59 Å². The van der Waals surface area contributed by atoms with Gasteiger partial charge in [0.1, 0.15) is 0 Å². The van der Waals surface area contributed by atoms with Crippen molar-refractivity contribution in [2.24, 2.45) is 0 Å². The molecule has 7 heteroatoms. The molecule has 1 rings (SSSR count). The van der Waals surface area contributed by atoms with Crippen LogP contribution in [0.2, 0.25) is 0 Å². The highest BCUT2D eigenvalue weighted by molar-refractivity contribution is 5.95. The van der Waals surface area contributed by atoms with Crippen LogP contribution in [-0.2, 0) is 9.53 Å². The molecule has 0 aromatic rings. The summed E-state index contributed by atoms with van der Waals surface area (Å²) in [6, 6.07) is -0.464. The number of hydrogen-bond acceptors (Lipinski definition) is 5. The van der Waals surface area contributed by atoms with Crippen molar-refractivity contribution >= 4 is 11.9 Å². The molecule has 0 aliphatic carbocycles. The Labute approximate surface area is 114 Å². The third-order valence-corrected chi connectivity index (χ3v) is 3.12. The van der Waals surface area contributed by atoms with Gasteiger partial charge in [0, 0.05) is 39.8 Å². The number of piperazine rings is 1. The van der Waals surface area contributed by atoms with Gasteiger partial charge in [0.25, 0.3) is 0 Å². The molecule has 1 aliphatic rings. The number of ether oxygens (including phenoxy) is 1. The minimum Gasteiger partial charge on any atom is -0.383 e. The van der Waals surface area contributed by atoms with Gasteiger partial charge < -0.3 is 15.0 Å². The first-order chi connectivity index (χ1) is 9.15. The molecule has 7 nitrogen and oxygen atoms in total. The van der Waals surface area contributed by atoms with E-state index in [1.807, 2.05) is 0 Å². The zero-order valence-electron chi connectivity index (χ0n) is 11.8. The Morgan fingerprint density at radius 1 is 1.16 bits per heavy atom. The fourth-order valence-electron chi connectivity index (χ4n) is 1.94. The van der Waals surface area contributed by atoms with Crippen molar-refractivity contribution in [3.63, 3.8) is 0 Å². The lowest BCUT2D eigenvalue weighted by Crippen LogP contribution is -2.51. The average molecular weight is 272 g/mol. The lowest BCUT2D eigenvalue weighted by atomic mass is 10.3. The number of rotatable bonds is 6.